The van der Waals surface area contributed by atoms with Crippen LogP contribution in [0.5, 0.6) is 5.75 Å². The number of benzene rings is 2. The van der Waals surface area contributed by atoms with Gasteiger partial charge in [0.1, 0.15) is 29.2 Å². The first-order chi connectivity index (χ1) is 31.2. The number of aromatic nitrogens is 3. The Kier molecular flexibility index (Phi) is 22.4. The van der Waals surface area contributed by atoms with Crippen molar-refractivity contribution in [3.05, 3.63) is 86.8 Å². The normalized spacial score (nSPS) is 13.2. The van der Waals surface area contributed by atoms with Crippen LogP contribution in [0.1, 0.15) is 45.7 Å². The highest BCUT2D eigenvalue weighted by Crippen LogP contribution is 2.39. The summed E-state index contributed by atoms with van der Waals surface area (Å²) in [5, 5.41) is 24.2. The fourth-order valence-electron chi connectivity index (χ4n) is 6.27. The smallest absolute Gasteiger partial charge is 0.404 e. The van der Waals surface area contributed by atoms with Crippen LogP contribution in [0.4, 0.5) is 10.5 Å². The van der Waals surface area contributed by atoms with E-state index in [1.165, 1.54) is 4.88 Å². The third kappa shape index (κ3) is 17.1. The number of hydrogen-bond acceptors (Lipinski definition) is 15. The number of anilines is 1. The summed E-state index contributed by atoms with van der Waals surface area (Å²) in [5.41, 5.74) is 4.43. The molecule has 0 bridgehead atoms. The van der Waals surface area contributed by atoms with Crippen molar-refractivity contribution < 1.29 is 57.3 Å². The van der Waals surface area contributed by atoms with Crippen LogP contribution in [0.3, 0.4) is 0 Å². The van der Waals surface area contributed by atoms with Crippen molar-refractivity contribution in [3.63, 3.8) is 0 Å². The summed E-state index contributed by atoms with van der Waals surface area (Å²) in [6.45, 7) is 13.5. The minimum atomic E-state index is -1.07. The number of nitrogens with zero attached hydrogens (tertiary/aromatic N) is 4. The molecule has 2 amide bonds. The van der Waals surface area contributed by atoms with Crippen LogP contribution in [0.15, 0.2) is 53.5 Å². The first-order valence-electron chi connectivity index (χ1n) is 21.2. The monoisotopic (exact) mass is 930 g/mol. The zero-order valence-electron chi connectivity index (χ0n) is 36.6. The average molecular weight is 932 g/mol. The number of hydrogen-bond donors (Lipinski definition) is 3. The number of halogens is 1. The van der Waals surface area contributed by atoms with Crippen molar-refractivity contribution in [2.45, 2.75) is 33.2 Å². The molecular weight excluding hydrogens is 872 g/mol. The molecule has 64 heavy (non-hydrogen) atoms. The van der Waals surface area contributed by atoms with Crippen molar-refractivity contribution >= 4 is 46.3 Å². The second-order valence-electron chi connectivity index (χ2n) is 14.2. The number of amides is 2. The molecule has 0 aliphatic carbocycles. The molecule has 1 atom stereocenters. The molecule has 0 fully saturated rings. The van der Waals surface area contributed by atoms with E-state index in [9.17, 15) is 9.59 Å². The largest absolute Gasteiger partial charge is 0.491 e. The molecule has 350 valence electrons. The number of carbonyl (C=O) groups excluding carboxylic acids is 1. The molecule has 1 aliphatic rings. The predicted molar refractivity (Wildman–Crippen MR) is 241 cm³/mol. The van der Waals surface area contributed by atoms with Crippen LogP contribution in [-0.4, -0.2) is 156 Å². The molecule has 4 aromatic rings. The number of ether oxygens (including phenoxy) is 9. The van der Waals surface area contributed by atoms with Crippen molar-refractivity contribution in [2.24, 2.45) is 4.99 Å². The molecule has 3 heterocycles. The summed E-state index contributed by atoms with van der Waals surface area (Å²) in [7, 11) is 0. The van der Waals surface area contributed by atoms with Crippen LogP contribution < -0.4 is 15.4 Å². The molecule has 1 aliphatic heterocycles. The Morgan fingerprint density at radius 2 is 1.25 bits per heavy atom. The number of fused-ring (bicyclic) bond motifs is 3. The highest BCUT2D eigenvalue weighted by Gasteiger charge is 2.32. The summed E-state index contributed by atoms with van der Waals surface area (Å²) < 4.78 is 51.7. The molecule has 0 spiro atoms. The minimum Gasteiger partial charge on any atom is -0.491 e. The number of rotatable bonds is 32. The molecular formula is C44H59ClN6O12S. The number of carbonyl (C=O) groups is 2. The predicted octanol–water partition coefficient (Wildman–Crippen LogP) is 5.61. The van der Waals surface area contributed by atoms with E-state index in [0.29, 0.717) is 135 Å². The van der Waals surface area contributed by atoms with E-state index in [2.05, 4.69) is 34.7 Å². The maximum absolute atomic E-state index is 13.6. The fourth-order valence-corrected chi connectivity index (χ4v) is 7.61. The van der Waals surface area contributed by atoms with Gasteiger partial charge >= 0.3 is 6.09 Å². The third-order valence-corrected chi connectivity index (χ3v) is 10.9. The lowest BCUT2D eigenvalue weighted by Gasteiger charge is -2.14. The van der Waals surface area contributed by atoms with E-state index in [0.717, 1.165) is 33.2 Å². The summed E-state index contributed by atoms with van der Waals surface area (Å²) in [4.78, 5) is 30.3. The van der Waals surface area contributed by atoms with Gasteiger partial charge < -0.3 is 58.4 Å². The van der Waals surface area contributed by atoms with Crippen LogP contribution in [-0.2, 0) is 42.7 Å². The first-order valence-corrected chi connectivity index (χ1v) is 22.4. The van der Waals surface area contributed by atoms with E-state index < -0.39 is 12.1 Å². The number of carboxylic acid groups (broad SMARTS) is 1. The van der Waals surface area contributed by atoms with Crippen LogP contribution >= 0.6 is 22.9 Å². The summed E-state index contributed by atoms with van der Waals surface area (Å²) >= 11 is 7.91. The van der Waals surface area contributed by atoms with Crippen molar-refractivity contribution in [3.8, 4) is 10.8 Å². The number of aryl methyl sites for hydroxylation is 2. The highest BCUT2D eigenvalue weighted by atomic mass is 35.5. The van der Waals surface area contributed by atoms with Gasteiger partial charge in [0.2, 0.25) is 5.91 Å². The van der Waals surface area contributed by atoms with Gasteiger partial charge in [-0.05, 0) is 50.6 Å². The van der Waals surface area contributed by atoms with Gasteiger partial charge in [-0.3, -0.25) is 14.4 Å². The number of aliphatic imine (C=N–C) groups is 1. The summed E-state index contributed by atoms with van der Waals surface area (Å²) in [6.07, 6.45) is -1.02. The molecule has 3 N–H and O–H groups in total. The Hall–Kier alpha value is -4.54. The quantitative estimate of drug-likeness (QED) is 0.0510. The zero-order chi connectivity index (χ0) is 45.4. The molecule has 0 unspecified atom stereocenters. The van der Waals surface area contributed by atoms with Gasteiger partial charge in [0, 0.05) is 39.3 Å². The molecule has 18 nitrogen and oxygen atoms in total. The molecule has 5 rings (SSSR count). The van der Waals surface area contributed by atoms with Gasteiger partial charge in [0.25, 0.3) is 0 Å². The van der Waals surface area contributed by atoms with Crippen LogP contribution in [0.25, 0.3) is 5.00 Å². The van der Waals surface area contributed by atoms with Gasteiger partial charge in [-0.1, -0.05) is 29.8 Å². The molecule has 2 aromatic heterocycles. The Morgan fingerprint density at radius 1 is 0.719 bits per heavy atom. The van der Waals surface area contributed by atoms with Crippen molar-refractivity contribution in [2.75, 3.05) is 124 Å². The second-order valence-corrected chi connectivity index (χ2v) is 15.8. The van der Waals surface area contributed by atoms with Crippen LogP contribution in [0.2, 0.25) is 5.02 Å². The molecule has 0 saturated carbocycles. The van der Waals surface area contributed by atoms with Gasteiger partial charge in [0.05, 0.1) is 118 Å². The SMILES string of the molecule is Cc1sc2c(c1C)C(c1ccc(Cl)cc1)=N[C@@H](CC(=O)Nc1cccc(OCCOCCOCCOCCOCCOCCOCCOCCOCCNC(=O)O)c1)c1nnc(C)n1-2. The number of thiophene rings is 1. The Morgan fingerprint density at radius 3 is 1.80 bits per heavy atom. The maximum Gasteiger partial charge on any atom is 0.404 e. The van der Waals surface area contributed by atoms with Gasteiger partial charge in [-0.25, -0.2) is 4.79 Å². The third-order valence-electron chi connectivity index (χ3n) is 9.48. The average Bonchev–Trinajstić information content (AvgIpc) is 3.76. The number of nitrogens with one attached hydrogen (secondary N) is 2. The lowest BCUT2D eigenvalue weighted by molar-refractivity contribution is -0.116. The molecule has 0 radical (unpaired) electrons. The van der Waals surface area contributed by atoms with E-state index in [1.54, 1.807) is 17.4 Å². The Bertz CT molecular complexity index is 2050. The van der Waals surface area contributed by atoms with Crippen LogP contribution in [0, 0.1) is 20.8 Å². The van der Waals surface area contributed by atoms with Gasteiger partial charge in [0.15, 0.2) is 5.82 Å². The summed E-state index contributed by atoms with van der Waals surface area (Å²) in [5.74, 6) is 1.72. The van der Waals surface area contributed by atoms with Crippen molar-refractivity contribution in [1.29, 1.82) is 0 Å². The molecule has 2 aromatic carbocycles. The minimum absolute atomic E-state index is 0.0525. The van der Waals surface area contributed by atoms with Gasteiger partial charge in [-0.15, -0.1) is 21.5 Å². The van der Waals surface area contributed by atoms with E-state index in [-0.39, 0.29) is 18.9 Å². The van der Waals surface area contributed by atoms with E-state index >= 15 is 0 Å². The maximum atomic E-state index is 13.6. The topological polar surface area (TPSA) is 205 Å². The lowest BCUT2D eigenvalue weighted by atomic mass is 9.99. The molecule has 0 saturated heterocycles. The standard InChI is InChI=1S/C44H59ClN6O12S/c1-31-32(2)64-43-40(31)41(34-7-9-35(45)10-8-34)48-38(42-50-49-33(3)51(42)43)30-39(52)47-36-5-4-6-37(29-36)63-28-27-62-26-25-61-24-23-60-22-21-59-20-19-58-18-17-57-16-15-56-14-13-55-12-11-46-44(53)54/h4-10,29,38,46H,11-28,30H2,1-3H3,(H,47,52)(H,53,54)/t38-/m0/s1. The van der Waals surface area contributed by atoms with E-state index in [1.807, 2.05) is 54.0 Å². The first kappa shape index (κ1) is 50.5. The Balaban J connectivity index is 0.873. The van der Waals surface area contributed by atoms with Crippen molar-refractivity contribution in [1.82, 2.24) is 20.1 Å². The second kappa shape index (κ2) is 28.4. The highest BCUT2D eigenvalue weighted by molar-refractivity contribution is 7.15. The zero-order valence-corrected chi connectivity index (χ0v) is 38.2. The van der Waals surface area contributed by atoms with E-state index in [4.69, 9.17) is 64.3 Å². The summed E-state index contributed by atoms with van der Waals surface area (Å²) in [6, 6.07) is 14.3. The lowest BCUT2D eigenvalue weighted by Crippen LogP contribution is -2.25. The fraction of sp³-hybridized carbons (Fsp3) is 0.523. The van der Waals surface area contributed by atoms with Gasteiger partial charge in [-0.2, -0.15) is 0 Å². The Labute approximate surface area is 382 Å². The molecule has 20 heteroatoms.